The molecule has 0 aromatic rings. The van der Waals surface area contributed by atoms with Gasteiger partial charge >= 0.3 is 18.1 Å². The number of aliphatic carboxylic acids is 1. The first-order valence-electron chi connectivity index (χ1n) is 4.12. The van der Waals surface area contributed by atoms with E-state index in [1.165, 1.54) is 5.32 Å². The highest BCUT2D eigenvalue weighted by atomic mass is 19.4. The molecule has 0 atom stereocenters. The Bertz CT molecular complexity index is 250. The third-order valence-electron chi connectivity index (χ3n) is 1.39. The van der Waals surface area contributed by atoms with E-state index < -0.39 is 24.1 Å². The maximum absolute atomic E-state index is 11.8. The summed E-state index contributed by atoms with van der Waals surface area (Å²) in [5.74, 6) is -3.98. The maximum Gasteiger partial charge on any atom is 0.471 e. The van der Waals surface area contributed by atoms with Gasteiger partial charge in [-0.15, -0.1) is 0 Å². The summed E-state index contributed by atoms with van der Waals surface area (Å²) in [4.78, 5) is 20.9. The Morgan fingerprint density at radius 3 is 2.07 bits per heavy atom. The Morgan fingerprint density at radius 1 is 1.33 bits per heavy atom. The molecule has 0 bridgehead atoms. The number of carbonyl (C=O) groups is 2. The summed E-state index contributed by atoms with van der Waals surface area (Å²) in [5.41, 5.74) is 0. The number of amides is 1. The van der Waals surface area contributed by atoms with Gasteiger partial charge < -0.3 is 10.4 Å². The zero-order valence-electron chi connectivity index (χ0n) is 8.18. The molecule has 0 aromatic heterocycles. The van der Waals surface area contributed by atoms with Crippen LogP contribution in [0.3, 0.4) is 0 Å². The van der Waals surface area contributed by atoms with Crippen molar-refractivity contribution >= 4 is 11.9 Å². The van der Waals surface area contributed by atoms with Crippen LogP contribution in [0.1, 0.15) is 20.3 Å². The van der Waals surface area contributed by atoms with E-state index in [1.807, 2.05) is 0 Å². The second-order valence-corrected chi connectivity index (χ2v) is 3.33. The smallest absolute Gasteiger partial charge is 0.471 e. The van der Waals surface area contributed by atoms with Crippen LogP contribution >= 0.6 is 0 Å². The molecule has 0 heterocycles. The largest absolute Gasteiger partial charge is 0.479 e. The molecule has 1 amide bonds. The standard InChI is InChI=1S/C8H11F3NO3/c1-4(2)3-5(6(13)14)12-7(15)8(9,10)11/h4H,3H2,1-2H3,(H,12,15)(H,13,14). The number of alkyl halides is 3. The fourth-order valence-corrected chi connectivity index (χ4v) is 0.808. The summed E-state index contributed by atoms with van der Waals surface area (Å²) < 4.78 is 35.4. The predicted molar refractivity (Wildman–Crippen MR) is 44.5 cm³/mol. The predicted octanol–water partition coefficient (Wildman–Crippen LogP) is 1.33. The van der Waals surface area contributed by atoms with Crippen LogP contribution in [0.4, 0.5) is 13.2 Å². The zero-order chi connectivity index (χ0) is 12.2. The zero-order valence-corrected chi connectivity index (χ0v) is 8.18. The maximum atomic E-state index is 11.8. The Morgan fingerprint density at radius 2 is 1.80 bits per heavy atom. The quantitative estimate of drug-likeness (QED) is 0.759. The van der Waals surface area contributed by atoms with E-state index in [9.17, 15) is 22.8 Å². The fourth-order valence-electron chi connectivity index (χ4n) is 0.808. The lowest BCUT2D eigenvalue weighted by Gasteiger charge is -2.15. The van der Waals surface area contributed by atoms with Crippen molar-refractivity contribution < 1.29 is 27.9 Å². The second kappa shape index (κ2) is 4.99. The van der Waals surface area contributed by atoms with Gasteiger partial charge in [0.25, 0.3) is 0 Å². The number of hydrogen-bond acceptors (Lipinski definition) is 2. The molecule has 0 saturated carbocycles. The van der Waals surface area contributed by atoms with Gasteiger partial charge in [-0.2, -0.15) is 13.2 Å². The SMILES string of the molecule is CC(C)C[C](NC(=O)C(F)(F)F)C(=O)O. The van der Waals surface area contributed by atoms with Gasteiger partial charge in [-0.1, -0.05) is 13.8 Å². The lowest BCUT2D eigenvalue weighted by Crippen LogP contribution is -2.42. The van der Waals surface area contributed by atoms with Crippen LogP contribution in [0.25, 0.3) is 0 Å². The average Bonchev–Trinajstić information content (AvgIpc) is 1.99. The fraction of sp³-hybridized carbons (Fsp3) is 0.625. The molecule has 7 heteroatoms. The molecule has 0 rings (SSSR count). The monoisotopic (exact) mass is 226 g/mol. The van der Waals surface area contributed by atoms with Gasteiger partial charge in [-0.25, -0.2) is 4.79 Å². The van der Waals surface area contributed by atoms with E-state index in [1.54, 1.807) is 13.8 Å². The molecule has 87 valence electrons. The molecule has 0 aliphatic rings. The van der Waals surface area contributed by atoms with Crippen molar-refractivity contribution in [2.75, 3.05) is 0 Å². The molecule has 0 aromatic carbocycles. The van der Waals surface area contributed by atoms with Crippen molar-refractivity contribution in [1.82, 2.24) is 5.32 Å². The molecule has 15 heavy (non-hydrogen) atoms. The van der Waals surface area contributed by atoms with E-state index in [2.05, 4.69) is 0 Å². The van der Waals surface area contributed by atoms with Gasteiger partial charge in [-0.3, -0.25) is 4.79 Å². The van der Waals surface area contributed by atoms with Crippen LogP contribution in [0.5, 0.6) is 0 Å². The van der Waals surface area contributed by atoms with Crippen LogP contribution in [-0.2, 0) is 9.59 Å². The number of carboxylic acid groups (broad SMARTS) is 1. The van der Waals surface area contributed by atoms with Gasteiger partial charge in [-0.05, 0) is 12.3 Å². The summed E-state index contributed by atoms with van der Waals surface area (Å²) in [7, 11) is 0. The number of hydrogen-bond donors (Lipinski definition) is 2. The van der Waals surface area contributed by atoms with Gasteiger partial charge in [0.2, 0.25) is 0 Å². The number of carboxylic acids is 1. The van der Waals surface area contributed by atoms with E-state index >= 15 is 0 Å². The Labute approximate surface area is 84.5 Å². The minimum atomic E-state index is -5.07. The molecular weight excluding hydrogens is 215 g/mol. The van der Waals surface area contributed by atoms with Crippen molar-refractivity contribution in [2.45, 2.75) is 26.4 Å². The van der Waals surface area contributed by atoms with E-state index in [0.29, 0.717) is 0 Å². The molecule has 0 spiro atoms. The summed E-state index contributed by atoms with van der Waals surface area (Å²) in [6, 6.07) is -0.646. The van der Waals surface area contributed by atoms with Crippen molar-refractivity contribution in [3.8, 4) is 0 Å². The second-order valence-electron chi connectivity index (χ2n) is 3.33. The first kappa shape index (κ1) is 13.7. The summed E-state index contributed by atoms with van der Waals surface area (Å²) in [6.07, 6.45) is -5.20. The average molecular weight is 226 g/mol. The minimum Gasteiger partial charge on any atom is -0.479 e. The Kier molecular flexibility index (Phi) is 4.57. The molecule has 0 fully saturated rings. The van der Waals surface area contributed by atoms with Gasteiger partial charge in [0, 0.05) is 0 Å². The highest BCUT2D eigenvalue weighted by Crippen LogP contribution is 2.18. The molecule has 4 nitrogen and oxygen atoms in total. The van der Waals surface area contributed by atoms with Crippen LogP contribution in [0.2, 0.25) is 0 Å². The van der Waals surface area contributed by atoms with Crippen molar-refractivity contribution in [3.05, 3.63) is 6.04 Å². The molecule has 0 aliphatic carbocycles. The molecule has 0 saturated heterocycles. The van der Waals surface area contributed by atoms with Gasteiger partial charge in [0.05, 0.1) is 0 Å². The first-order chi connectivity index (χ1) is 6.64. The lowest BCUT2D eigenvalue weighted by atomic mass is 10.0. The van der Waals surface area contributed by atoms with Gasteiger partial charge in [0.1, 0.15) is 0 Å². The van der Waals surface area contributed by atoms with Crippen LogP contribution in [-0.4, -0.2) is 23.2 Å². The molecule has 1 radical (unpaired) electrons. The summed E-state index contributed by atoms with van der Waals surface area (Å²) >= 11 is 0. The van der Waals surface area contributed by atoms with Crippen molar-refractivity contribution in [2.24, 2.45) is 5.92 Å². The van der Waals surface area contributed by atoms with E-state index in [4.69, 9.17) is 5.11 Å². The number of nitrogens with one attached hydrogen (secondary N) is 1. The lowest BCUT2D eigenvalue weighted by molar-refractivity contribution is -0.174. The van der Waals surface area contributed by atoms with Gasteiger partial charge in [0.15, 0.2) is 6.04 Å². The molecule has 2 N–H and O–H groups in total. The van der Waals surface area contributed by atoms with Crippen molar-refractivity contribution in [3.63, 3.8) is 0 Å². The van der Waals surface area contributed by atoms with Crippen LogP contribution < -0.4 is 5.32 Å². The number of halogens is 3. The first-order valence-corrected chi connectivity index (χ1v) is 4.12. The number of rotatable bonds is 4. The minimum absolute atomic E-state index is 0.128. The normalized spacial score (nSPS) is 11.9. The Balaban J connectivity index is 4.43. The highest BCUT2D eigenvalue weighted by molar-refractivity contribution is 5.91. The summed E-state index contributed by atoms with van der Waals surface area (Å²) in [6.45, 7) is 3.26. The molecule has 0 aliphatic heterocycles. The van der Waals surface area contributed by atoms with Crippen LogP contribution in [0, 0.1) is 12.0 Å². The molecular formula is C8H11F3NO3. The molecule has 0 unspecified atom stereocenters. The van der Waals surface area contributed by atoms with Crippen LogP contribution in [0.15, 0.2) is 0 Å². The van der Waals surface area contributed by atoms with E-state index in [-0.39, 0.29) is 12.3 Å². The van der Waals surface area contributed by atoms with Crippen molar-refractivity contribution in [1.29, 1.82) is 0 Å². The third-order valence-corrected chi connectivity index (χ3v) is 1.39. The number of carbonyl (C=O) groups excluding carboxylic acids is 1. The summed E-state index contributed by atoms with van der Waals surface area (Å²) in [5, 5.41) is 9.86. The Hall–Kier alpha value is -1.27. The topological polar surface area (TPSA) is 66.4 Å². The van der Waals surface area contributed by atoms with E-state index in [0.717, 1.165) is 0 Å². The highest BCUT2D eigenvalue weighted by Gasteiger charge is 2.41. The third kappa shape index (κ3) is 5.24.